The Hall–Kier alpha value is -1.20. The van der Waals surface area contributed by atoms with Gasteiger partial charge < -0.3 is 14.2 Å². The van der Waals surface area contributed by atoms with Crippen LogP contribution in [-0.4, -0.2) is 18.1 Å². The maximum absolute atomic E-state index is 11.0. The predicted octanol–water partition coefficient (Wildman–Crippen LogP) is 1.71. The normalized spacial score (nSPS) is 11.9. The molecule has 0 saturated carbocycles. The van der Waals surface area contributed by atoms with Crippen LogP contribution in [-0.2, 0) is 20.5 Å². The number of benzene rings is 1. The van der Waals surface area contributed by atoms with Crippen molar-refractivity contribution in [1.82, 2.24) is 5.48 Å². The Morgan fingerprint density at radius 2 is 2.12 bits per heavy atom. The number of nitrogens with one attached hydrogen (secondary N) is 1. The van der Waals surface area contributed by atoms with Crippen LogP contribution in [0.1, 0.15) is 5.56 Å². The molecule has 0 aliphatic heterocycles. The van der Waals surface area contributed by atoms with Crippen LogP contribution in [0.4, 0.5) is 4.79 Å². The number of carbonyl (C=O) groups excluding carboxylic acids is 1. The molecule has 1 rings (SSSR count). The van der Waals surface area contributed by atoms with E-state index in [4.69, 9.17) is 9.63 Å². The van der Waals surface area contributed by atoms with Gasteiger partial charge in [-0.3, -0.25) is 0 Å². The van der Waals surface area contributed by atoms with E-state index in [1.807, 2.05) is 35.8 Å². The molecule has 1 unspecified atom stereocenters. The Morgan fingerprint density at radius 3 is 2.75 bits per heavy atom. The Balaban J connectivity index is 2.20. The molecule has 88 valence electrons. The Bertz CT molecular complexity index is 321. The molecular weight excluding hydrogens is 233 g/mol. The standard InChI is InChI=1S/C9H12NO5P/c1-13-16(12)15-10-9(11)14-7-8-5-3-2-4-6-8/h2-6,12H,7H2,1H3,(H,10,11). The van der Waals surface area contributed by atoms with E-state index in [0.29, 0.717) is 0 Å². The zero-order valence-electron chi connectivity index (χ0n) is 8.62. The second-order valence-corrected chi connectivity index (χ2v) is 3.70. The van der Waals surface area contributed by atoms with Gasteiger partial charge in [0.05, 0.1) is 0 Å². The van der Waals surface area contributed by atoms with Gasteiger partial charge in [-0.25, -0.2) is 4.79 Å². The van der Waals surface area contributed by atoms with Gasteiger partial charge in [-0.15, -0.1) is 0 Å². The zero-order chi connectivity index (χ0) is 11.8. The topological polar surface area (TPSA) is 77.0 Å². The summed E-state index contributed by atoms with van der Waals surface area (Å²) < 4.78 is 13.6. The van der Waals surface area contributed by atoms with E-state index in [1.54, 1.807) is 0 Å². The van der Waals surface area contributed by atoms with Crippen molar-refractivity contribution in [2.45, 2.75) is 6.61 Å². The summed E-state index contributed by atoms with van der Waals surface area (Å²) in [6, 6.07) is 9.19. The fourth-order valence-corrected chi connectivity index (χ4v) is 1.09. The molecular formula is C9H12NO5P. The average molecular weight is 245 g/mol. The lowest BCUT2D eigenvalue weighted by Gasteiger charge is -2.08. The van der Waals surface area contributed by atoms with E-state index in [-0.39, 0.29) is 6.61 Å². The van der Waals surface area contributed by atoms with Gasteiger partial charge in [0.2, 0.25) is 0 Å². The van der Waals surface area contributed by atoms with E-state index in [1.165, 1.54) is 7.11 Å². The van der Waals surface area contributed by atoms with Crippen molar-refractivity contribution in [1.29, 1.82) is 0 Å². The van der Waals surface area contributed by atoms with Crippen LogP contribution in [0.25, 0.3) is 0 Å². The number of hydroxylamine groups is 1. The number of carbonyl (C=O) groups is 1. The molecule has 0 saturated heterocycles. The summed E-state index contributed by atoms with van der Waals surface area (Å²) in [6.07, 6.45) is -0.789. The van der Waals surface area contributed by atoms with Crippen LogP contribution in [0.5, 0.6) is 0 Å². The summed E-state index contributed by atoms with van der Waals surface area (Å²) in [7, 11) is -0.835. The van der Waals surface area contributed by atoms with E-state index < -0.39 is 14.7 Å². The van der Waals surface area contributed by atoms with Gasteiger partial charge >= 0.3 is 14.7 Å². The van der Waals surface area contributed by atoms with Crippen LogP contribution in [0, 0.1) is 0 Å². The molecule has 0 aliphatic carbocycles. The van der Waals surface area contributed by atoms with E-state index in [2.05, 4.69) is 9.15 Å². The molecule has 1 amide bonds. The molecule has 0 heterocycles. The summed E-state index contributed by atoms with van der Waals surface area (Å²) in [5.41, 5.74) is 2.75. The molecule has 6 nitrogen and oxygen atoms in total. The Morgan fingerprint density at radius 1 is 1.44 bits per heavy atom. The van der Waals surface area contributed by atoms with Crippen LogP contribution < -0.4 is 5.48 Å². The minimum Gasteiger partial charge on any atom is -0.443 e. The van der Waals surface area contributed by atoms with Crippen molar-refractivity contribution in [3.63, 3.8) is 0 Å². The predicted molar refractivity (Wildman–Crippen MR) is 57.0 cm³/mol. The number of hydrogen-bond acceptors (Lipinski definition) is 5. The lowest BCUT2D eigenvalue weighted by molar-refractivity contribution is 0.0850. The third kappa shape index (κ3) is 5.04. The minimum absolute atomic E-state index is 0.131. The van der Waals surface area contributed by atoms with Crippen molar-refractivity contribution in [3.8, 4) is 0 Å². The first-order valence-electron chi connectivity index (χ1n) is 4.39. The van der Waals surface area contributed by atoms with Gasteiger partial charge in [-0.05, 0) is 5.56 Å². The molecule has 0 aliphatic rings. The first-order valence-corrected chi connectivity index (χ1v) is 5.52. The molecule has 0 fully saturated rings. The van der Waals surface area contributed by atoms with Crippen LogP contribution in [0.15, 0.2) is 30.3 Å². The highest BCUT2D eigenvalue weighted by Crippen LogP contribution is 2.28. The Labute approximate surface area is 94.1 Å². The minimum atomic E-state index is -2.09. The van der Waals surface area contributed by atoms with Crippen molar-refractivity contribution in [2.75, 3.05) is 7.11 Å². The fourth-order valence-electron chi connectivity index (χ4n) is 0.866. The molecule has 1 atom stereocenters. The lowest BCUT2D eigenvalue weighted by Crippen LogP contribution is -2.22. The fraction of sp³-hybridized carbons (Fsp3) is 0.222. The molecule has 0 bridgehead atoms. The number of hydrogen-bond donors (Lipinski definition) is 2. The first-order chi connectivity index (χ1) is 7.72. The van der Waals surface area contributed by atoms with Gasteiger partial charge in [0, 0.05) is 7.11 Å². The number of amides is 1. The molecule has 7 heteroatoms. The van der Waals surface area contributed by atoms with Crippen LogP contribution in [0.2, 0.25) is 0 Å². The largest absolute Gasteiger partial charge is 0.443 e. The van der Waals surface area contributed by atoms with Crippen LogP contribution in [0.3, 0.4) is 0 Å². The number of ether oxygens (including phenoxy) is 1. The monoisotopic (exact) mass is 245 g/mol. The Kier molecular flexibility index (Phi) is 5.74. The number of rotatable bonds is 5. The van der Waals surface area contributed by atoms with E-state index >= 15 is 0 Å². The highest BCUT2D eigenvalue weighted by Gasteiger charge is 2.08. The summed E-state index contributed by atoms with van der Waals surface area (Å²) in [6.45, 7) is 0.131. The van der Waals surface area contributed by atoms with Gasteiger partial charge in [0.25, 0.3) is 0 Å². The van der Waals surface area contributed by atoms with Crippen LogP contribution >= 0.6 is 8.60 Å². The molecule has 0 aromatic heterocycles. The van der Waals surface area contributed by atoms with Crippen molar-refractivity contribution >= 4 is 14.7 Å². The SMILES string of the molecule is COP(O)ONC(=O)OCc1ccccc1. The van der Waals surface area contributed by atoms with E-state index in [9.17, 15) is 4.79 Å². The molecule has 16 heavy (non-hydrogen) atoms. The summed E-state index contributed by atoms with van der Waals surface area (Å²) in [5, 5.41) is 0. The van der Waals surface area contributed by atoms with Crippen molar-refractivity contribution in [3.05, 3.63) is 35.9 Å². The second-order valence-electron chi connectivity index (χ2n) is 2.68. The molecule has 1 aromatic rings. The molecule has 1 aromatic carbocycles. The lowest BCUT2D eigenvalue weighted by atomic mass is 10.2. The van der Waals surface area contributed by atoms with Gasteiger partial charge in [0.15, 0.2) is 0 Å². The van der Waals surface area contributed by atoms with Gasteiger partial charge in [-0.2, -0.15) is 10.1 Å². The quantitative estimate of drug-likeness (QED) is 0.610. The van der Waals surface area contributed by atoms with Crippen molar-refractivity contribution in [2.24, 2.45) is 0 Å². The smallest absolute Gasteiger partial charge is 0.432 e. The summed E-state index contributed by atoms with van der Waals surface area (Å²) in [4.78, 5) is 19.9. The second kappa shape index (κ2) is 7.14. The summed E-state index contributed by atoms with van der Waals surface area (Å²) in [5.74, 6) is 0. The highest BCUT2D eigenvalue weighted by atomic mass is 31.2. The maximum Gasteiger partial charge on any atom is 0.432 e. The first kappa shape index (κ1) is 12.9. The van der Waals surface area contributed by atoms with Gasteiger partial charge in [0.1, 0.15) is 6.61 Å². The third-order valence-electron chi connectivity index (χ3n) is 1.58. The highest BCUT2D eigenvalue weighted by molar-refractivity contribution is 7.40. The third-order valence-corrected chi connectivity index (χ3v) is 2.14. The summed E-state index contributed by atoms with van der Waals surface area (Å²) >= 11 is 0. The molecule has 2 N–H and O–H groups in total. The maximum atomic E-state index is 11.0. The van der Waals surface area contributed by atoms with E-state index in [0.717, 1.165) is 5.56 Å². The van der Waals surface area contributed by atoms with Crippen molar-refractivity contribution < 1.29 is 23.6 Å². The molecule has 0 spiro atoms. The molecule has 0 radical (unpaired) electrons. The zero-order valence-corrected chi connectivity index (χ0v) is 9.52. The van der Waals surface area contributed by atoms with Gasteiger partial charge in [-0.1, -0.05) is 30.3 Å². The average Bonchev–Trinajstić information content (AvgIpc) is 2.34.